The third kappa shape index (κ3) is 7.61. The molecule has 0 aromatic carbocycles. The van der Waals surface area contributed by atoms with Crippen LogP contribution in [-0.4, -0.2) is 33.0 Å². The van der Waals surface area contributed by atoms with Crippen LogP contribution in [0.1, 0.15) is 20.3 Å². The SMILES string of the molecule is C=CC(=O)NCCC[Si](C)(OC(C)=O)OC(C)=O. The first kappa shape index (κ1) is 16.4. The van der Waals surface area contributed by atoms with Gasteiger partial charge in [0, 0.05) is 33.0 Å². The summed E-state index contributed by atoms with van der Waals surface area (Å²) in [6.07, 6.45) is 1.73. The maximum atomic E-state index is 11.0. The molecule has 0 rings (SSSR count). The van der Waals surface area contributed by atoms with Crippen LogP contribution in [0.3, 0.4) is 0 Å². The quantitative estimate of drug-likeness (QED) is 0.423. The van der Waals surface area contributed by atoms with Gasteiger partial charge in [-0.25, -0.2) is 0 Å². The monoisotopic (exact) mass is 273 g/mol. The van der Waals surface area contributed by atoms with Crippen molar-refractivity contribution in [1.82, 2.24) is 5.32 Å². The van der Waals surface area contributed by atoms with E-state index in [1.807, 2.05) is 0 Å². The molecule has 0 saturated heterocycles. The second-order valence-corrected chi connectivity index (χ2v) is 7.10. The van der Waals surface area contributed by atoms with Gasteiger partial charge in [0.05, 0.1) is 0 Å². The molecule has 0 bridgehead atoms. The highest BCUT2D eigenvalue weighted by Crippen LogP contribution is 2.16. The summed E-state index contributed by atoms with van der Waals surface area (Å²) < 4.78 is 10.2. The van der Waals surface area contributed by atoms with E-state index in [-0.39, 0.29) is 5.91 Å². The van der Waals surface area contributed by atoms with Crippen molar-refractivity contribution >= 4 is 26.4 Å². The molecular formula is C11H19NO5Si. The highest BCUT2D eigenvalue weighted by atomic mass is 28.4. The Morgan fingerprint density at radius 2 is 1.72 bits per heavy atom. The van der Waals surface area contributed by atoms with Gasteiger partial charge < -0.3 is 14.2 Å². The van der Waals surface area contributed by atoms with Gasteiger partial charge in [-0.3, -0.25) is 14.4 Å². The molecule has 7 heteroatoms. The molecule has 0 aromatic heterocycles. The molecule has 0 unspecified atom stereocenters. The smallest absolute Gasteiger partial charge is 0.461 e. The second-order valence-electron chi connectivity index (χ2n) is 3.92. The van der Waals surface area contributed by atoms with Crippen molar-refractivity contribution in [2.45, 2.75) is 32.9 Å². The molecule has 0 radical (unpaired) electrons. The molecule has 1 amide bonds. The molecule has 0 saturated carbocycles. The lowest BCUT2D eigenvalue weighted by Gasteiger charge is -2.24. The van der Waals surface area contributed by atoms with E-state index in [1.165, 1.54) is 19.9 Å². The third-order valence-electron chi connectivity index (χ3n) is 2.01. The fraction of sp³-hybridized carbons (Fsp3) is 0.545. The molecule has 0 aromatic rings. The predicted octanol–water partition coefficient (Wildman–Crippen LogP) is 0.877. The summed E-state index contributed by atoms with van der Waals surface area (Å²) in [5.41, 5.74) is 0. The maximum absolute atomic E-state index is 11.0. The van der Waals surface area contributed by atoms with Gasteiger partial charge >= 0.3 is 8.56 Å². The van der Waals surface area contributed by atoms with E-state index >= 15 is 0 Å². The summed E-state index contributed by atoms with van der Waals surface area (Å²) in [6, 6.07) is 0.434. The van der Waals surface area contributed by atoms with E-state index in [1.54, 1.807) is 6.55 Å². The van der Waals surface area contributed by atoms with Gasteiger partial charge in [0.25, 0.3) is 11.9 Å². The molecular weight excluding hydrogens is 254 g/mol. The van der Waals surface area contributed by atoms with E-state index in [0.29, 0.717) is 19.0 Å². The minimum atomic E-state index is -2.83. The first-order valence-electron chi connectivity index (χ1n) is 5.58. The van der Waals surface area contributed by atoms with Gasteiger partial charge in [0.2, 0.25) is 5.91 Å². The highest BCUT2D eigenvalue weighted by Gasteiger charge is 2.37. The molecule has 18 heavy (non-hydrogen) atoms. The molecule has 6 nitrogen and oxygen atoms in total. The van der Waals surface area contributed by atoms with Crippen molar-refractivity contribution < 1.29 is 23.2 Å². The van der Waals surface area contributed by atoms with Gasteiger partial charge in [-0.05, 0) is 12.5 Å². The van der Waals surface area contributed by atoms with E-state index in [4.69, 9.17) is 8.85 Å². The Labute approximate surface area is 108 Å². The minimum Gasteiger partial charge on any atom is -0.485 e. The lowest BCUT2D eigenvalue weighted by atomic mass is 10.4. The number of amides is 1. The summed E-state index contributed by atoms with van der Waals surface area (Å²) in [4.78, 5) is 32.8. The lowest BCUT2D eigenvalue weighted by molar-refractivity contribution is -0.138. The standard InChI is InChI=1S/C11H19NO5Si/c1-5-11(15)12-7-6-8-18(4,16-9(2)13)17-10(3)14/h5H,1,6-8H2,2-4H3,(H,12,15). The van der Waals surface area contributed by atoms with Gasteiger partial charge in [-0.2, -0.15) is 0 Å². The fourth-order valence-electron chi connectivity index (χ4n) is 1.42. The lowest BCUT2D eigenvalue weighted by Crippen LogP contribution is -2.42. The summed E-state index contributed by atoms with van der Waals surface area (Å²) in [5, 5.41) is 2.60. The summed E-state index contributed by atoms with van der Waals surface area (Å²) in [6.45, 7) is 7.93. The molecule has 0 aliphatic carbocycles. The number of carbonyl (C=O) groups is 3. The summed E-state index contributed by atoms with van der Waals surface area (Å²) in [7, 11) is -2.83. The zero-order valence-corrected chi connectivity index (χ0v) is 11.9. The van der Waals surface area contributed by atoms with Crippen LogP contribution in [-0.2, 0) is 23.2 Å². The van der Waals surface area contributed by atoms with Crippen LogP contribution in [0.15, 0.2) is 12.7 Å². The summed E-state index contributed by atoms with van der Waals surface area (Å²) in [5.74, 6) is -1.21. The molecule has 0 heterocycles. The maximum Gasteiger partial charge on any atom is 0.461 e. The minimum absolute atomic E-state index is 0.265. The topological polar surface area (TPSA) is 81.7 Å². The van der Waals surface area contributed by atoms with Crippen LogP contribution in [0.2, 0.25) is 12.6 Å². The molecule has 102 valence electrons. The number of hydrogen-bond donors (Lipinski definition) is 1. The molecule has 1 N–H and O–H groups in total. The van der Waals surface area contributed by atoms with Crippen LogP contribution in [0.4, 0.5) is 0 Å². The van der Waals surface area contributed by atoms with E-state index < -0.39 is 20.5 Å². The first-order chi connectivity index (χ1) is 8.29. The van der Waals surface area contributed by atoms with Crippen molar-refractivity contribution in [3.05, 3.63) is 12.7 Å². The van der Waals surface area contributed by atoms with Crippen LogP contribution in [0, 0.1) is 0 Å². The zero-order chi connectivity index (χ0) is 14.2. The number of rotatable bonds is 7. The molecule has 0 aliphatic rings. The van der Waals surface area contributed by atoms with Crippen molar-refractivity contribution in [3.63, 3.8) is 0 Å². The largest absolute Gasteiger partial charge is 0.485 e. The van der Waals surface area contributed by atoms with Gasteiger partial charge in [-0.1, -0.05) is 6.58 Å². The molecule has 0 atom stereocenters. The van der Waals surface area contributed by atoms with Gasteiger partial charge in [0.1, 0.15) is 0 Å². The number of nitrogens with one attached hydrogen (secondary N) is 1. The van der Waals surface area contributed by atoms with Gasteiger partial charge in [-0.15, -0.1) is 0 Å². The van der Waals surface area contributed by atoms with E-state index in [0.717, 1.165) is 0 Å². The van der Waals surface area contributed by atoms with Crippen molar-refractivity contribution in [1.29, 1.82) is 0 Å². The molecule has 0 spiro atoms. The molecule has 0 fully saturated rings. The van der Waals surface area contributed by atoms with Crippen LogP contribution in [0.25, 0.3) is 0 Å². The van der Waals surface area contributed by atoms with Crippen LogP contribution in [0.5, 0.6) is 0 Å². The number of carbonyl (C=O) groups excluding carboxylic acids is 3. The Kier molecular flexibility index (Phi) is 6.95. The zero-order valence-electron chi connectivity index (χ0n) is 10.9. The normalized spacial score (nSPS) is 10.4. The average molecular weight is 273 g/mol. The van der Waals surface area contributed by atoms with Gasteiger partial charge in [0.15, 0.2) is 0 Å². The first-order valence-corrected chi connectivity index (χ1v) is 8.11. The average Bonchev–Trinajstić information content (AvgIpc) is 2.21. The third-order valence-corrected chi connectivity index (χ3v) is 4.71. The van der Waals surface area contributed by atoms with E-state index in [9.17, 15) is 14.4 Å². The summed E-state index contributed by atoms with van der Waals surface area (Å²) >= 11 is 0. The van der Waals surface area contributed by atoms with E-state index in [2.05, 4.69) is 11.9 Å². The van der Waals surface area contributed by atoms with Crippen LogP contribution >= 0.6 is 0 Å². The van der Waals surface area contributed by atoms with Crippen LogP contribution < -0.4 is 5.32 Å². The number of hydrogen-bond acceptors (Lipinski definition) is 5. The van der Waals surface area contributed by atoms with Crippen molar-refractivity contribution in [3.8, 4) is 0 Å². The van der Waals surface area contributed by atoms with Crippen molar-refractivity contribution in [2.24, 2.45) is 0 Å². The Morgan fingerprint density at radius 3 is 2.11 bits per heavy atom. The predicted molar refractivity (Wildman–Crippen MR) is 67.8 cm³/mol. The Hall–Kier alpha value is -1.63. The Balaban J connectivity index is 4.24. The second kappa shape index (κ2) is 7.65. The Morgan fingerprint density at radius 1 is 1.22 bits per heavy atom. The highest BCUT2D eigenvalue weighted by molar-refractivity contribution is 6.69. The van der Waals surface area contributed by atoms with Crippen molar-refractivity contribution in [2.75, 3.05) is 6.54 Å². The Bertz CT molecular complexity index is 326. The fourth-order valence-corrected chi connectivity index (χ4v) is 3.71. The molecule has 0 aliphatic heterocycles.